The van der Waals surface area contributed by atoms with Crippen LogP contribution in [0, 0.1) is 17.8 Å². The monoisotopic (exact) mass is 245 g/mol. The van der Waals surface area contributed by atoms with Crippen LogP contribution >= 0.6 is 0 Å². The minimum Gasteiger partial charge on any atom is -0.384 e. The maximum atomic E-state index is 8.70. The van der Waals surface area contributed by atoms with E-state index in [0.29, 0.717) is 5.92 Å². The molecule has 0 fully saturated rings. The highest BCUT2D eigenvalue weighted by Crippen LogP contribution is 2.09. The molecule has 0 saturated heterocycles. The molecule has 2 nitrogen and oxygen atoms in total. The first-order chi connectivity index (χ1) is 8.65. The number of rotatable bonds is 5. The zero-order valence-corrected chi connectivity index (χ0v) is 11.6. The normalized spacial score (nSPS) is 10.6. The molecule has 0 aromatic heterocycles. The van der Waals surface area contributed by atoms with Crippen molar-refractivity contribution >= 4 is 0 Å². The number of nitrogens with zero attached hydrogens (tertiary/aromatic N) is 1. The quantitative estimate of drug-likeness (QED) is 0.806. The van der Waals surface area contributed by atoms with E-state index in [1.807, 2.05) is 12.1 Å². The lowest BCUT2D eigenvalue weighted by atomic mass is 10.1. The summed E-state index contributed by atoms with van der Waals surface area (Å²) in [5.74, 6) is 6.31. The second kappa shape index (κ2) is 7.92. The Bertz CT molecular complexity index is 415. The molecule has 0 spiro atoms. The molecular formula is C16H23NO. The standard InChI is InChI=1S/C16H23NO/c1-4-17(12-14(2)3)13-16-8-5-7-15(11-16)9-6-10-18/h5,7-8,11,14,18H,4,10,12-13H2,1-3H3. The summed E-state index contributed by atoms with van der Waals surface area (Å²) in [6, 6.07) is 8.24. The zero-order valence-electron chi connectivity index (χ0n) is 11.6. The number of hydrogen-bond acceptors (Lipinski definition) is 2. The third kappa shape index (κ3) is 5.35. The first kappa shape index (κ1) is 14.8. The maximum absolute atomic E-state index is 8.70. The summed E-state index contributed by atoms with van der Waals surface area (Å²) >= 11 is 0. The fraction of sp³-hybridized carbons (Fsp3) is 0.500. The van der Waals surface area contributed by atoms with Gasteiger partial charge in [-0.1, -0.05) is 44.7 Å². The van der Waals surface area contributed by atoms with Crippen molar-refractivity contribution in [3.05, 3.63) is 35.4 Å². The zero-order chi connectivity index (χ0) is 13.4. The molecule has 0 aliphatic carbocycles. The summed E-state index contributed by atoms with van der Waals surface area (Å²) in [5.41, 5.74) is 2.25. The second-order valence-corrected chi connectivity index (χ2v) is 4.88. The second-order valence-electron chi connectivity index (χ2n) is 4.88. The lowest BCUT2D eigenvalue weighted by Gasteiger charge is -2.22. The summed E-state index contributed by atoms with van der Waals surface area (Å²) in [6.45, 7) is 9.73. The Morgan fingerprint density at radius 2 is 2.11 bits per heavy atom. The molecule has 0 radical (unpaired) electrons. The van der Waals surface area contributed by atoms with Crippen LogP contribution in [0.25, 0.3) is 0 Å². The first-order valence-corrected chi connectivity index (χ1v) is 6.56. The van der Waals surface area contributed by atoms with Crippen LogP contribution in [-0.2, 0) is 6.54 Å². The molecule has 0 saturated carbocycles. The lowest BCUT2D eigenvalue weighted by Crippen LogP contribution is -2.27. The molecule has 0 heterocycles. The molecule has 0 unspecified atom stereocenters. The molecule has 1 N–H and O–H groups in total. The molecular weight excluding hydrogens is 222 g/mol. The lowest BCUT2D eigenvalue weighted by molar-refractivity contribution is 0.248. The largest absolute Gasteiger partial charge is 0.384 e. The van der Waals surface area contributed by atoms with Gasteiger partial charge in [-0.2, -0.15) is 0 Å². The summed E-state index contributed by atoms with van der Waals surface area (Å²) in [7, 11) is 0. The minimum atomic E-state index is -0.0847. The molecule has 1 aromatic carbocycles. The van der Waals surface area contributed by atoms with Gasteiger partial charge < -0.3 is 5.11 Å². The van der Waals surface area contributed by atoms with E-state index in [-0.39, 0.29) is 6.61 Å². The minimum absolute atomic E-state index is 0.0847. The Kier molecular flexibility index (Phi) is 6.49. The summed E-state index contributed by atoms with van der Waals surface area (Å²) < 4.78 is 0. The van der Waals surface area contributed by atoms with E-state index in [9.17, 15) is 0 Å². The molecule has 0 atom stereocenters. The highest BCUT2D eigenvalue weighted by molar-refractivity contribution is 5.37. The van der Waals surface area contributed by atoms with Crippen molar-refractivity contribution in [1.29, 1.82) is 0 Å². The molecule has 0 aliphatic heterocycles. The van der Waals surface area contributed by atoms with Gasteiger partial charge in [0.15, 0.2) is 0 Å². The Morgan fingerprint density at radius 1 is 1.33 bits per heavy atom. The van der Waals surface area contributed by atoms with Crippen LogP contribution in [0.3, 0.4) is 0 Å². The molecule has 0 amide bonds. The average Bonchev–Trinajstić information content (AvgIpc) is 2.35. The van der Waals surface area contributed by atoms with Crippen molar-refractivity contribution in [3.8, 4) is 11.8 Å². The van der Waals surface area contributed by atoms with Gasteiger partial charge in [0.2, 0.25) is 0 Å². The van der Waals surface area contributed by atoms with Crippen LogP contribution in [0.4, 0.5) is 0 Å². The van der Waals surface area contributed by atoms with E-state index in [1.165, 1.54) is 5.56 Å². The maximum Gasteiger partial charge on any atom is 0.104 e. The number of aliphatic hydroxyl groups excluding tert-OH is 1. The van der Waals surface area contributed by atoms with Crippen molar-refractivity contribution < 1.29 is 5.11 Å². The molecule has 0 aliphatic rings. The van der Waals surface area contributed by atoms with Crippen molar-refractivity contribution in [1.82, 2.24) is 4.90 Å². The van der Waals surface area contributed by atoms with Crippen LogP contribution in [0.5, 0.6) is 0 Å². The van der Waals surface area contributed by atoms with Crippen molar-refractivity contribution in [2.75, 3.05) is 19.7 Å². The Morgan fingerprint density at radius 3 is 2.72 bits per heavy atom. The number of hydrogen-bond donors (Lipinski definition) is 1. The van der Waals surface area contributed by atoms with Crippen LogP contribution in [0.1, 0.15) is 31.9 Å². The highest BCUT2D eigenvalue weighted by Gasteiger charge is 2.06. The molecule has 1 rings (SSSR count). The third-order valence-electron chi connectivity index (χ3n) is 2.72. The third-order valence-corrected chi connectivity index (χ3v) is 2.72. The van der Waals surface area contributed by atoms with E-state index in [4.69, 9.17) is 5.11 Å². The van der Waals surface area contributed by atoms with E-state index in [0.717, 1.165) is 25.2 Å². The van der Waals surface area contributed by atoms with Crippen molar-refractivity contribution in [2.24, 2.45) is 5.92 Å². The molecule has 0 bridgehead atoms. The van der Waals surface area contributed by atoms with Gasteiger partial charge in [-0.05, 0) is 30.2 Å². The van der Waals surface area contributed by atoms with Crippen LogP contribution in [0.15, 0.2) is 24.3 Å². The van der Waals surface area contributed by atoms with Gasteiger partial charge in [0.1, 0.15) is 6.61 Å². The van der Waals surface area contributed by atoms with Gasteiger partial charge in [-0.3, -0.25) is 4.90 Å². The van der Waals surface area contributed by atoms with E-state index in [1.54, 1.807) is 0 Å². The molecule has 2 heteroatoms. The summed E-state index contributed by atoms with van der Waals surface area (Å²) in [6.07, 6.45) is 0. The topological polar surface area (TPSA) is 23.5 Å². The predicted molar refractivity (Wildman–Crippen MR) is 76.2 cm³/mol. The van der Waals surface area contributed by atoms with Crippen molar-refractivity contribution in [3.63, 3.8) is 0 Å². The molecule has 18 heavy (non-hydrogen) atoms. The van der Waals surface area contributed by atoms with Gasteiger partial charge in [0, 0.05) is 18.7 Å². The van der Waals surface area contributed by atoms with Crippen LogP contribution < -0.4 is 0 Å². The molecule has 1 aromatic rings. The van der Waals surface area contributed by atoms with Gasteiger partial charge in [-0.25, -0.2) is 0 Å². The summed E-state index contributed by atoms with van der Waals surface area (Å²) in [4.78, 5) is 2.43. The number of benzene rings is 1. The molecule has 98 valence electrons. The van der Waals surface area contributed by atoms with Gasteiger partial charge in [-0.15, -0.1) is 0 Å². The Balaban J connectivity index is 2.71. The van der Waals surface area contributed by atoms with Gasteiger partial charge in [0.25, 0.3) is 0 Å². The van der Waals surface area contributed by atoms with Crippen LogP contribution in [-0.4, -0.2) is 29.7 Å². The Labute approximate surface area is 111 Å². The SMILES string of the molecule is CCN(Cc1cccc(C#CCO)c1)CC(C)C. The summed E-state index contributed by atoms with van der Waals surface area (Å²) in [5, 5.41) is 8.70. The average molecular weight is 245 g/mol. The van der Waals surface area contributed by atoms with E-state index < -0.39 is 0 Å². The number of aliphatic hydroxyl groups is 1. The highest BCUT2D eigenvalue weighted by atomic mass is 16.2. The van der Waals surface area contributed by atoms with Crippen molar-refractivity contribution in [2.45, 2.75) is 27.3 Å². The van der Waals surface area contributed by atoms with Gasteiger partial charge in [0.05, 0.1) is 0 Å². The smallest absolute Gasteiger partial charge is 0.104 e. The predicted octanol–water partition coefficient (Wildman–Crippen LogP) is 2.51. The Hall–Kier alpha value is -1.30. The van der Waals surface area contributed by atoms with Gasteiger partial charge >= 0.3 is 0 Å². The fourth-order valence-corrected chi connectivity index (χ4v) is 1.97. The van der Waals surface area contributed by atoms with E-state index in [2.05, 4.69) is 49.6 Å². The first-order valence-electron chi connectivity index (χ1n) is 6.56. The fourth-order valence-electron chi connectivity index (χ4n) is 1.97. The van der Waals surface area contributed by atoms with E-state index >= 15 is 0 Å². The van der Waals surface area contributed by atoms with Crippen LogP contribution in [0.2, 0.25) is 0 Å².